The van der Waals surface area contributed by atoms with Gasteiger partial charge in [-0.2, -0.15) is 0 Å². The second-order valence-electron chi connectivity index (χ2n) is 5.40. The number of carboxylic acid groups (broad SMARTS) is 1. The lowest BCUT2D eigenvalue weighted by atomic mass is 10.1. The molecule has 108 valence electrons. The van der Waals surface area contributed by atoms with Crippen LogP contribution >= 0.6 is 0 Å². The molecule has 0 aliphatic heterocycles. The van der Waals surface area contributed by atoms with Gasteiger partial charge in [-0.3, -0.25) is 4.79 Å². The number of nitrogens with zero attached hydrogens (tertiary/aromatic N) is 1. The number of rotatable bonds is 4. The Bertz CT molecular complexity index is 520. The van der Waals surface area contributed by atoms with Gasteiger partial charge >= 0.3 is 5.97 Å². The van der Waals surface area contributed by atoms with Crippen LogP contribution in [0.5, 0.6) is 0 Å². The molecule has 1 aliphatic carbocycles. The fraction of sp³-hybridized carbons (Fsp3) is 0.467. The van der Waals surface area contributed by atoms with E-state index in [4.69, 9.17) is 0 Å². The maximum Gasteiger partial charge on any atom is 0.337 e. The summed E-state index contributed by atoms with van der Waals surface area (Å²) in [6.45, 7) is 0. The van der Waals surface area contributed by atoms with Crippen LogP contribution in [0, 0.1) is 5.92 Å². The van der Waals surface area contributed by atoms with E-state index in [1.54, 1.807) is 18.2 Å². The Morgan fingerprint density at radius 1 is 1.25 bits per heavy atom. The van der Waals surface area contributed by atoms with Crippen LogP contribution in [0.15, 0.2) is 18.2 Å². The van der Waals surface area contributed by atoms with E-state index < -0.39 is 5.97 Å². The molecule has 1 fully saturated rings. The molecule has 0 bridgehead atoms. The third-order valence-corrected chi connectivity index (χ3v) is 3.73. The van der Waals surface area contributed by atoms with Crippen LogP contribution in [0.4, 0.5) is 11.4 Å². The lowest BCUT2D eigenvalue weighted by Gasteiger charge is -2.16. The van der Waals surface area contributed by atoms with Crippen LogP contribution in [0.2, 0.25) is 0 Å². The number of hydrogen-bond acceptors (Lipinski definition) is 3. The molecule has 0 atom stereocenters. The molecule has 20 heavy (non-hydrogen) atoms. The number of benzene rings is 1. The first-order chi connectivity index (χ1) is 9.49. The molecule has 0 heterocycles. The van der Waals surface area contributed by atoms with Crippen molar-refractivity contribution < 1.29 is 14.7 Å². The van der Waals surface area contributed by atoms with Gasteiger partial charge in [0.15, 0.2) is 0 Å². The van der Waals surface area contributed by atoms with Gasteiger partial charge in [0.25, 0.3) is 0 Å². The van der Waals surface area contributed by atoms with Crippen molar-refractivity contribution in [1.29, 1.82) is 0 Å². The molecule has 1 aliphatic rings. The minimum Gasteiger partial charge on any atom is -0.478 e. The molecule has 5 nitrogen and oxygen atoms in total. The number of carbonyl (C=O) groups excluding carboxylic acids is 1. The van der Waals surface area contributed by atoms with Crippen molar-refractivity contribution in [3.05, 3.63) is 23.8 Å². The topological polar surface area (TPSA) is 69.6 Å². The van der Waals surface area contributed by atoms with Gasteiger partial charge in [0.05, 0.1) is 11.3 Å². The zero-order chi connectivity index (χ0) is 14.7. The molecule has 5 heteroatoms. The Balaban J connectivity index is 2.22. The number of nitrogens with one attached hydrogen (secondary N) is 1. The fourth-order valence-corrected chi connectivity index (χ4v) is 2.52. The number of anilines is 2. The van der Waals surface area contributed by atoms with E-state index in [2.05, 4.69) is 5.32 Å². The Hall–Kier alpha value is -2.04. The predicted molar refractivity (Wildman–Crippen MR) is 78.3 cm³/mol. The van der Waals surface area contributed by atoms with Crippen LogP contribution in [0.3, 0.4) is 0 Å². The summed E-state index contributed by atoms with van der Waals surface area (Å²) >= 11 is 0. The molecule has 1 aromatic carbocycles. The molecule has 0 saturated heterocycles. The monoisotopic (exact) mass is 276 g/mol. The van der Waals surface area contributed by atoms with Gasteiger partial charge in [-0.1, -0.05) is 12.8 Å². The summed E-state index contributed by atoms with van der Waals surface area (Å²) in [5.41, 5.74) is 1.30. The summed E-state index contributed by atoms with van der Waals surface area (Å²) in [6.07, 6.45) is 3.93. The highest BCUT2D eigenvalue weighted by molar-refractivity contribution is 6.02. The average Bonchev–Trinajstić information content (AvgIpc) is 2.92. The number of aromatic carboxylic acids is 1. The first kappa shape index (κ1) is 14.4. The predicted octanol–water partition coefficient (Wildman–Crippen LogP) is 2.58. The Kier molecular flexibility index (Phi) is 4.27. The molecule has 2 rings (SSSR count). The lowest BCUT2D eigenvalue weighted by Crippen LogP contribution is -2.22. The van der Waals surface area contributed by atoms with Crippen molar-refractivity contribution in [3.63, 3.8) is 0 Å². The van der Waals surface area contributed by atoms with Crippen molar-refractivity contribution in [1.82, 2.24) is 0 Å². The Labute approximate surface area is 118 Å². The largest absolute Gasteiger partial charge is 0.478 e. The fourth-order valence-electron chi connectivity index (χ4n) is 2.52. The first-order valence-electron chi connectivity index (χ1n) is 6.84. The van der Waals surface area contributed by atoms with Gasteiger partial charge in [-0.15, -0.1) is 0 Å². The van der Waals surface area contributed by atoms with Crippen molar-refractivity contribution in [2.45, 2.75) is 25.7 Å². The molecule has 0 spiro atoms. The highest BCUT2D eigenvalue weighted by Gasteiger charge is 2.24. The van der Waals surface area contributed by atoms with Gasteiger partial charge in [0.1, 0.15) is 0 Å². The van der Waals surface area contributed by atoms with E-state index in [-0.39, 0.29) is 17.4 Å². The molecule has 0 unspecified atom stereocenters. The van der Waals surface area contributed by atoms with E-state index in [9.17, 15) is 14.7 Å². The van der Waals surface area contributed by atoms with Gasteiger partial charge in [-0.25, -0.2) is 4.79 Å². The van der Waals surface area contributed by atoms with Crippen LogP contribution < -0.4 is 10.2 Å². The minimum absolute atomic E-state index is 0.0187. The van der Waals surface area contributed by atoms with Crippen LogP contribution in [0.25, 0.3) is 0 Å². The Morgan fingerprint density at radius 2 is 1.90 bits per heavy atom. The third-order valence-electron chi connectivity index (χ3n) is 3.73. The molecule has 0 radical (unpaired) electrons. The van der Waals surface area contributed by atoms with Crippen LogP contribution in [-0.4, -0.2) is 31.1 Å². The molecule has 0 aromatic heterocycles. The van der Waals surface area contributed by atoms with E-state index in [1.165, 1.54) is 0 Å². The highest BCUT2D eigenvalue weighted by atomic mass is 16.4. The highest BCUT2D eigenvalue weighted by Crippen LogP contribution is 2.28. The van der Waals surface area contributed by atoms with Gasteiger partial charge in [0, 0.05) is 25.7 Å². The standard InChI is InChI=1S/C15H20N2O3/c1-17(2)11-7-8-13(12(9-11)15(19)20)16-14(18)10-5-3-4-6-10/h7-10H,3-6H2,1-2H3,(H,16,18)(H,19,20). The number of hydrogen-bond donors (Lipinski definition) is 2. The average molecular weight is 276 g/mol. The van der Waals surface area contributed by atoms with E-state index >= 15 is 0 Å². The second kappa shape index (κ2) is 5.94. The number of amides is 1. The first-order valence-corrected chi connectivity index (χ1v) is 6.84. The van der Waals surface area contributed by atoms with Gasteiger partial charge in [0.2, 0.25) is 5.91 Å². The molecule has 1 amide bonds. The molecule has 1 saturated carbocycles. The van der Waals surface area contributed by atoms with E-state index in [0.717, 1.165) is 31.4 Å². The second-order valence-corrected chi connectivity index (χ2v) is 5.40. The summed E-state index contributed by atoms with van der Waals surface area (Å²) < 4.78 is 0. The maximum absolute atomic E-state index is 12.1. The van der Waals surface area contributed by atoms with Crippen LogP contribution in [0.1, 0.15) is 36.0 Å². The SMILES string of the molecule is CN(C)c1ccc(NC(=O)C2CCCC2)c(C(=O)O)c1. The summed E-state index contributed by atoms with van der Waals surface area (Å²) in [7, 11) is 3.69. The maximum atomic E-state index is 12.1. The smallest absolute Gasteiger partial charge is 0.337 e. The summed E-state index contributed by atoms with van der Waals surface area (Å²) in [5, 5.41) is 12.0. The summed E-state index contributed by atoms with van der Waals surface area (Å²) in [5.74, 6) is -1.08. The summed E-state index contributed by atoms with van der Waals surface area (Å²) in [6, 6.07) is 5.04. The third kappa shape index (κ3) is 3.10. The quantitative estimate of drug-likeness (QED) is 0.886. The molecule has 1 aromatic rings. The lowest BCUT2D eigenvalue weighted by molar-refractivity contribution is -0.119. The molecular formula is C15H20N2O3. The summed E-state index contributed by atoms with van der Waals surface area (Å²) in [4.78, 5) is 25.3. The Morgan fingerprint density at radius 3 is 2.45 bits per heavy atom. The number of carbonyl (C=O) groups is 2. The van der Waals surface area contributed by atoms with E-state index in [0.29, 0.717) is 5.69 Å². The molecular weight excluding hydrogens is 256 g/mol. The molecule has 2 N–H and O–H groups in total. The van der Waals surface area contributed by atoms with Gasteiger partial charge < -0.3 is 15.3 Å². The van der Waals surface area contributed by atoms with Crippen molar-refractivity contribution in [3.8, 4) is 0 Å². The zero-order valence-electron chi connectivity index (χ0n) is 11.8. The zero-order valence-corrected chi connectivity index (χ0v) is 11.8. The van der Waals surface area contributed by atoms with Crippen molar-refractivity contribution >= 4 is 23.3 Å². The van der Waals surface area contributed by atoms with Crippen molar-refractivity contribution in [2.24, 2.45) is 5.92 Å². The normalized spacial score (nSPS) is 15.1. The van der Waals surface area contributed by atoms with E-state index in [1.807, 2.05) is 19.0 Å². The minimum atomic E-state index is -1.03. The van der Waals surface area contributed by atoms with Crippen molar-refractivity contribution in [2.75, 3.05) is 24.3 Å². The number of carboxylic acids is 1. The van der Waals surface area contributed by atoms with Crippen LogP contribution in [-0.2, 0) is 4.79 Å². The van der Waals surface area contributed by atoms with Gasteiger partial charge in [-0.05, 0) is 31.0 Å².